The van der Waals surface area contributed by atoms with Gasteiger partial charge in [0.1, 0.15) is 12.6 Å². The lowest BCUT2D eigenvalue weighted by atomic mass is 9.95. The first-order chi connectivity index (χ1) is 19.1. The van der Waals surface area contributed by atoms with Gasteiger partial charge >= 0.3 is 0 Å². The Labute approximate surface area is 242 Å². The van der Waals surface area contributed by atoms with E-state index in [2.05, 4.69) is 5.32 Å². The number of nitrogens with one attached hydrogen (secondary N) is 1. The number of carbonyl (C=O) groups is 2. The number of hydrogen-bond acceptors (Lipinski definition) is 4. The number of halogens is 1. The van der Waals surface area contributed by atoms with Crippen molar-refractivity contribution in [2.45, 2.75) is 69.5 Å². The maximum absolute atomic E-state index is 14.0. The topological polar surface area (TPSA) is 86.8 Å². The molecule has 1 aliphatic carbocycles. The fourth-order valence-electron chi connectivity index (χ4n) is 4.90. The molecule has 0 unspecified atom stereocenters. The molecule has 0 bridgehead atoms. The zero-order valence-corrected chi connectivity index (χ0v) is 24.5. The molecule has 1 fully saturated rings. The lowest BCUT2D eigenvalue weighted by Crippen LogP contribution is -2.53. The number of aryl methyl sites for hydroxylation is 1. The van der Waals surface area contributed by atoms with E-state index in [4.69, 9.17) is 11.6 Å². The van der Waals surface area contributed by atoms with Gasteiger partial charge in [0.05, 0.1) is 10.6 Å². The SMILES string of the molecule is Cc1ccc(N(CC(=O)N(Cc2ccc(Cl)cc2)[C@H](C)C(=O)NC2CCCCC2)S(=O)(=O)c2ccccc2)cc1. The van der Waals surface area contributed by atoms with Gasteiger partial charge in [-0.15, -0.1) is 0 Å². The zero-order chi connectivity index (χ0) is 28.7. The maximum atomic E-state index is 14.0. The van der Waals surface area contributed by atoms with Crippen molar-refractivity contribution < 1.29 is 18.0 Å². The van der Waals surface area contributed by atoms with Crippen LogP contribution in [0.15, 0.2) is 83.8 Å². The maximum Gasteiger partial charge on any atom is 0.264 e. The molecule has 40 heavy (non-hydrogen) atoms. The molecule has 0 saturated heterocycles. The fraction of sp³-hybridized carbons (Fsp3) is 0.355. The van der Waals surface area contributed by atoms with Crippen LogP contribution in [0.25, 0.3) is 0 Å². The number of sulfonamides is 1. The summed E-state index contributed by atoms with van der Waals surface area (Å²) in [4.78, 5) is 28.9. The third-order valence-corrected chi connectivity index (χ3v) is 9.36. The molecule has 1 N–H and O–H groups in total. The van der Waals surface area contributed by atoms with Gasteiger partial charge in [-0.05, 0) is 68.7 Å². The summed E-state index contributed by atoms with van der Waals surface area (Å²) in [6, 6.07) is 21.3. The van der Waals surface area contributed by atoms with E-state index >= 15 is 0 Å². The molecule has 1 aliphatic rings. The Morgan fingerprint density at radius 3 is 2.17 bits per heavy atom. The highest BCUT2D eigenvalue weighted by Crippen LogP contribution is 2.25. The van der Waals surface area contributed by atoms with Crippen LogP contribution in [0.1, 0.15) is 50.2 Å². The monoisotopic (exact) mass is 581 g/mol. The summed E-state index contributed by atoms with van der Waals surface area (Å²) in [5.74, 6) is -0.733. The van der Waals surface area contributed by atoms with Crippen LogP contribution in [0.4, 0.5) is 5.69 Å². The van der Waals surface area contributed by atoms with Gasteiger partial charge < -0.3 is 10.2 Å². The number of benzene rings is 3. The minimum absolute atomic E-state index is 0.0794. The van der Waals surface area contributed by atoms with E-state index in [1.54, 1.807) is 73.7 Å². The van der Waals surface area contributed by atoms with Gasteiger partial charge in [-0.25, -0.2) is 8.42 Å². The van der Waals surface area contributed by atoms with Crippen molar-refractivity contribution in [1.29, 1.82) is 0 Å². The second-order valence-electron chi connectivity index (χ2n) is 10.3. The molecule has 3 aromatic rings. The Morgan fingerprint density at radius 2 is 1.55 bits per heavy atom. The summed E-state index contributed by atoms with van der Waals surface area (Å²) in [7, 11) is -4.07. The number of carbonyl (C=O) groups excluding carboxylic acids is 2. The Bertz CT molecular complexity index is 1390. The van der Waals surface area contributed by atoms with Gasteiger partial charge in [0.25, 0.3) is 10.0 Å². The number of anilines is 1. The Morgan fingerprint density at radius 1 is 0.925 bits per heavy atom. The molecule has 0 spiro atoms. The molecule has 3 aromatic carbocycles. The zero-order valence-electron chi connectivity index (χ0n) is 22.9. The lowest BCUT2D eigenvalue weighted by molar-refractivity contribution is -0.139. The highest BCUT2D eigenvalue weighted by Gasteiger charge is 2.33. The summed E-state index contributed by atoms with van der Waals surface area (Å²) < 4.78 is 28.7. The quantitative estimate of drug-likeness (QED) is 0.332. The van der Waals surface area contributed by atoms with Gasteiger partial charge in [-0.3, -0.25) is 13.9 Å². The lowest BCUT2D eigenvalue weighted by Gasteiger charge is -2.33. The van der Waals surface area contributed by atoms with Crippen molar-refractivity contribution in [2.24, 2.45) is 0 Å². The van der Waals surface area contributed by atoms with Crippen molar-refractivity contribution in [3.05, 3.63) is 95.0 Å². The third-order valence-electron chi connectivity index (χ3n) is 7.32. The molecule has 1 atom stereocenters. The highest BCUT2D eigenvalue weighted by molar-refractivity contribution is 7.92. The highest BCUT2D eigenvalue weighted by atomic mass is 35.5. The second-order valence-corrected chi connectivity index (χ2v) is 12.6. The van der Waals surface area contributed by atoms with Gasteiger partial charge in [-0.1, -0.05) is 78.9 Å². The summed E-state index contributed by atoms with van der Waals surface area (Å²) >= 11 is 6.07. The molecule has 212 valence electrons. The molecule has 4 rings (SSSR count). The van der Waals surface area contributed by atoms with Crippen molar-refractivity contribution in [3.63, 3.8) is 0 Å². The van der Waals surface area contributed by atoms with E-state index in [-0.39, 0.29) is 23.4 Å². The Kier molecular flexibility index (Phi) is 9.87. The van der Waals surface area contributed by atoms with Crippen molar-refractivity contribution in [3.8, 4) is 0 Å². The summed E-state index contributed by atoms with van der Waals surface area (Å²) in [5.41, 5.74) is 2.11. The smallest absolute Gasteiger partial charge is 0.264 e. The number of nitrogens with zero attached hydrogens (tertiary/aromatic N) is 2. The third kappa shape index (κ3) is 7.43. The second kappa shape index (κ2) is 13.3. The summed E-state index contributed by atoms with van der Waals surface area (Å²) in [6.07, 6.45) is 5.12. The molecule has 0 aromatic heterocycles. The fourth-order valence-corrected chi connectivity index (χ4v) is 6.46. The van der Waals surface area contributed by atoms with Crippen LogP contribution in [0.2, 0.25) is 5.02 Å². The van der Waals surface area contributed by atoms with Crippen molar-refractivity contribution in [2.75, 3.05) is 10.8 Å². The Balaban J connectivity index is 1.65. The van der Waals surface area contributed by atoms with E-state index in [1.807, 2.05) is 6.92 Å². The minimum Gasteiger partial charge on any atom is -0.352 e. The van der Waals surface area contributed by atoms with Crippen LogP contribution in [-0.4, -0.2) is 43.8 Å². The first-order valence-corrected chi connectivity index (χ1v) is 15.5. The first-order valence-electron chi connectivity index (χ1n) is 13.6. The Hall–Kier alpha value is -3.36. The summed E-state index contributed by atoms with van der Waals surface area (Å²) in [6.45, 7) is 3.26. The van der Waals surface area contributed by atoms with Gasteiger partial charge in [0.15, 0.2) is 0 Å². The number of rotatable bonds is 10. The average Bonchev–Trinajstić information content (AvgIpc) is 2.96. The predicted molar refractivity (Wildman–Crippen MR) is 159 cm³/mol. The van der Waals surface area contributed by atoms with Gasteiger partial charge in [-0.2, -0.15) is 0 Å². The predicted octanol–water partition coefficient (Wildman–Crippen LogP) is 5.71. The van der Waals surface area contributed by atoms with Crippen LogP contribution in [0.3, 0.4) is 0 Å². The molecule has 9 heteroatoms. The molecule has 2 amide bonds. The number of amides is 2. The number of hydrogen-bond donors (Lipinski definition) is 1. The van der Waals surface area contributed by atoms with Crippen LogP contribution in [0, 0.1) is 6.92 Å². The van der Waals surface area contributed by atoms with E-state index < -0.39 is 28.5 Å². The van der Waals surface area contributed by atoms with Gasteiger partial charge in [0.2, 0.25) is 11.8 Å². The molecule has 7 nitrogen and oxygen atoms in total. The molecule has 0 heterocycles. The van der Waals surface area contributed by atoms with Crippen LogP contribution in [0.5, 0.6) is 0 Å². The van der Waals surface area contributed by atoms with E-state index in [1.165, 1.54) is 17.0 Å². The summed E-state index contributed by atoms with van der Waals surface area (Å²) in [5, 5.41) is 3.67. The van der Waals surface area contributed by atoms with Crippen molar-refractivity contribution >= 4 is 39.1 Å². The van der Waals surface area contributed by atoms with E-state index in [9.17, 15) is 18.0 Å². The molecular weight excluding hydrogens is 546 g/mol. The van der Waals surface area contributed by atoms with Gasteiger partial charge in [0, 0.05) is 17.6 Å². The van der Waals surface area contributed by atoms with Crippen LogP contribution in [-0.2, 0) is 26.2 Å². The van der Waals surface area contributed by atoms with Crippen molar-refractivity contribution in [1.82, 2.24) is 10.2 Å². The molecule has 1 saturated carbocycles. The first kappa shape index (κ1) is 29.6. The molecule has 0 aliphatic heterocycles. The standard InChI is InChI=1S/C31H36ClN3O4S/c1-23-13-19-28(20-14-23)35(40(38,39)29-11-7-4-8-12-29)22-30(36)34(21-25-15-17-26(32)18-16-25)24(2)31(37)33-27-9-5-3-6-10-27/h4,7-8,11-20,24,27H,3,5-6,9-10,21-22H2,1-2H3,(H,33,37)/t24-/m1/s1. The van der Waals surface area contributed by atoms with Crippen LogP contribution >= 0.6 is 11.6 Å². The van der Waals surface area contributed by atoms with E-state index in [0.717, 1.165) is 47.5 Å². The normalized spacial score (nSPS) is 14.8. The molecular formula is C31H36ClN3O4S. The largest absolute Gasteiger partial charge is 0.352 e. The molecule has 0 radical (unpaired) electrons. The average molecular weight is 582 g/mol. The minimum atomic E-state index is -4.07. The van der Waals surface area contributed by atoms with Crippen LogP contribution < -0.4 is 9.62 Å². The van der Waals surface area contributed by atoms with E-state index in [0.29, 0.717) is 10.7 Å².